The lowest BCUT2D eigenvalue weighted by Gasteiger charge is -2.15. The first-order valence-electron chi connectivity index (χ1n) is 8.62. The number of nitrogens with one attached hydrogen (secondary N) is 2. The average molecular weight is 374 g/mol. The van der Waals surface area contributed by atoms with Crippen molar-refractivity contribution in [3.63, 3.8) is 0 Å². The van der Waals surface area contributed by atoms with E-state index < -0.39 is 6.10 Å². The molecule has 0 aromatic heterocycles. The van der Waals surface area contributed by atoms with Crippen LogP contribution in [0.25, 0.3) is 0 Å². The Labute approximate surface area is 159 Å². The highest BCUT2D eigenvalue weighted by Crippen LogP contribution is 2.29. The van der Waals surface area contributed by atoms with E-state index in [4.69, 9.17) is 14.2 Å². The number of hydrogen-bond donors (Lipinski definition) is 3. The fourth-order valence-corrected chi connectivity index (χ4v) is 2.54. The largest absolute Gasteiger partial charge is 0.497 e. The lowest BCUT2D eigenvalue weighted by atomic mass is 10.1. The third kappa shape index (κ3) is 6.07. The molecule has 0 radical (unpaired) electrons. The quantitative estimate of drug-likeness (QED) is 0.627. The minimum Gasteiger partial charge on any atom is -0.497 e. The first-order valence-corrected chi connectivity index (χ1v) is 8.62. The fourth-order valence-electron chi connectivity index (χ4n) is 2.54. The first kappa shape index (κ1) is 20.4. The number of hydrogen-bond acceptors (Lipinski definition) is 5. The van der Waals surface area contributed by atoms with E-state index in [1.54, 1.807) is 32.4 Å². The number of urea groups is 1. The van der Waals surface area contributed by atoms with E-state index in [0.717, 1.165) is 11.3 Å². The normalized spacial score (nSPS) is 11.4. The molecule has 27 heavy (non-hydrogen) atoms. The second kappa shape index (κ2) is 10.3. The number of aliphatic hydroxyl groups excluding tert-OH is 1. The van der Waals surface area contributed by atoms with Crippen molar-refractivity contribution >= 4 is 6.03 Å². The van der Waals surface area contributed by atoms with Crippen LogP contribution in [-0.4, -0.2) is 45.6 Å². The van der Waals surface area contributed by atoms with Crippen molar-refractivity contribution in [3.8, 4) is 17.2 Å². The predicted octanol–water partition coefficient (Wildman–Crippen LogP) is 2.29. The number of carbonyl (C=O) groups is 1. The van der Waals surface area contributed by atoms with E-state index in [0.29, 0.717) is 30.0 Å². The summed E-state index contributed by atoms with van der Waals surface area (Å²) in [4.78, 5) is 11.9. The molecule has 2 aromatic carbocycles. The second-order valence-corrected chi connectivity index (χ2v) is 5.87. The first-order chi connectivity index (χ1) is 13.1. The van der Waals surface area contributed by atoms with Gasteiger partial charge in [0, 0.05) is 13.1 Å². The van der Waals surface area contributed by atoms with E-state index in [1.807, 2.05) is 24.3 Å². The molecule has 2 aromatic rings. The van der Waals surface area contributed by atoms with Gasteiger partial charge >= 0.3 is 6.03 Å². The summed E-state index contributed by atoms with van der Waals surface area (Å²) in [5.41, 5.74) is 1.73. The van der Waals surface area contributed by atoms with Gasteiger partial charge in [0.15, 0.2) is 11.5 Å². The molecule has 0 spiro atoms. The Hall–Kier alpha value is -2.93. The van der Waals surface area contributed by atoms with Crippen molar-refractivity contribution in [2.24, 2.45) is 0 Å². The third-order valence-electron chi connectivity index (χ3n) is 4.11. The number of rotatable bonds is 9. The summed E-state index contributed by atoms with van der Waals surface area (Å²) in [5, 5.41) is 15.7. The van der Waals surface area contributed by atoms with Gasteiger partial charge in [-0.3, -0.25) is 0 Å². The summed E-state index contributed by atoms with van der Waals surface area (Å²) < 4.78 is 15.5. The van der Waals surface area contributed by atoms with Crippen molar-refractivity contribution in [2.45, 2.75) is 12.5 Å². The summed E-state index contributed by atoms with van der Waals surface area (Å²) in [6.07, 6.45) is -0.146. The maximum Gasteiger partial charge on any atom is 0.314 e. The zero-order valence-electron chi connectivity index (χ0n) is 15.8. The predicted molar refractivity (Wildman–Crippen MR) is 103 cm³/mol. The van der Waals surface area contributed by atoms with Crippen LogP contribution < -0.4 is 24.8 Å². The summed E-state index contributed by atoms with van der Waals surface area (Å²) in [6, 6.07) is 12.5. The number of benzene rings is 2. The molecule has 0 aliphatic rings. The van der Waals surface area contributed by atoms with Gasteiger partial charge in [-0.25, -0.2) is 4.79 Å². The Bertz CT molecular complexity index is 734. The van der Waals surface area contributed by atoms with Gasteiger partial charge in [-0.2, -0.15) is 0 Å². The van der Waals surface area contributed by atoms with Crippen molar-refractivity contribution in [3.05, 3.63) is 53.6 Å². The van der Waals surface area contributed by atoms with Gasteiger partial charge in [-0.05, 0) is 41.8 Å². The highest BCUT2D eigenvalue weighted by Gasteiger charge is 2.12. The van der Waals surface area contributed by atoms with Crippen LogP contribution in [-0.2, 0) is 6.42 Å². The number of ether oxygens (including phenoxy) is 3. The Morgan fingerprint density at radius 3 is 2.30 bits per heavy atom. The van der Waals surface area contributed by atoms with Crippen LogP contribution in [0.15, 0.2) is 42.5 Å². The third-order valence-corrected chi connectivity index (χ3v) is 4.11. The molecular formula is C20H26N2O5. The lowest BCUT2D eigenvalue weighted by molar-refractivity contribution is 0.172. The Balaban J connectivity index is 1.75. The molecule has 0 aliphatic heterocycles. The van der Waals surface area contributed by atoms with Crippen LogP contribution in [0.1, 0.15) is 17.2 Å². The van der Waals surface area contributed by atoms with Gasteiger partial charge in [0.25, 0.3) is 0 Å². The monoisotopic (exact) mass is 374 g/mol. The molecule has 2 rings (SSSR count). The van der Waals surface area contributed by atoms with Gasteiger partial charge in [0.05, 0.1) is 27.4 Å². The fraction of sp³-hybridized carbons (Fsp3) is 0.350. The summed E-state index contributed by atoms with van der Waals surface area (Å²) in [7, 11) is 4.70. The lowest BCUT2D eigenvalue weighted by Crippen LogP contribution is -2.38. The van der Waals surface area contributed by atoms with Gasteiger partial charge < -0.3 is 30.0 Å². The standard InChI is InChI=1S/C20H26N2O5/c1-25-16-7-4-14(5-8-16)10-11-21-20(24)22-13-17(23)15-6-9-18(26-2)19(12-15)27-3/h4-9,12,17,23H,10-11,13H2,1-3H3,(H2,21,22,24). The van der Waals surface area contributed by atoms with E-state index >= 15 is 0 Å². The minimum absolute atomic E-state index is 0.0872. The van der Waals surface area contributed by atoms with E-state index in [9.17, 15) is 9.90 Å². The Morgan fingerprint density at radius 2 is 1.67 bits per heavy atom. The van der Waals surface area contributed by atoms with Crippen LogP contribution >= 0.6 is 0 Å². The van der Waals surface area contributed by atoms with Gasteiger partial charge in [-0.1, -0.05) is 18.2 Å². The van der Waals surface area contributed by atoms with E-state index in [2.05, 4.69) is 10.6 Å². The number of carbonyl (C=O) groups excluding carboxylic acids is 1. The zero-order valence-corrected chi connectivity index (χ0v) is 15.8. The molecule has 0 heterocycles. The van der Waals surface area contributed by atoms with Crippen molar-refractivity contribution in [1.29, 1.82) is 0 Å². The molecule has 7 heteroatoms. The van der Waals surface area contributed by atoms with Crippen LogP contribution in [0.5, 0.6) is 17.2 Å². The number of aliphatic hydroxyl groups is 1. The summed E-state index contributed by atoms with van der Waals surface area (Å²) >= 11 is 0. The van der Waals surface area contributed by atoms with Crippen molar-refractivity contribution < 1.29 is 24.1 Å². The van der Waals surface area contributed by atoms with Crippen molar-refractivity contribution in [1.82, 2.24) is 10.6 Å². The maximum absolute atomic E-state index is 11.9. The highest BCUT2D eigenvalue weighted by molar-refractivity contribution is 5.73. The second-order valence-electron chi connectivity index (χ2n) is 5.87. The van der Waals surface area contributed by atoms with Crippen LogP contribution in [0.4, 0.5) is 4.79 Å². The molecule has 0 saturated heterocycles. The van der Waals surface area contributed by atoms with Gasteiger partial charge in [0.1, 0.15) is 5.75 Å². The number of methoxy groups -OCH3 is 3. The molecule has 0 bridgehead atoms. The molecular weight excluding hydrogens is 348 g/mol. The molecule has 0 aliphatic carbocycles. The SMILES string of the molecule is COc1ccc(CCNC(=O)NCC(O)c2ccc(OC)c(OC)c2)cc1. The topological polar surface area (TPSA) is 89.1 Å². The Kier molecular flexibility index (Phi) is 7.76. The highest BCUT2D eigenvalue weighted by atomic mass is 16.5. The van der Waals surface area contributed by atoms with Gasteiger partial charge in [0.2, 0.25) is 0 Å². The maximum atomic E-state index is 11.9. The zero-order chi connectivity index (χ0) is 19.6. The van der Waals surface area contributed by atoms with E-state index in [-0.39, 0.29) is 12.6 Å². The van der Waals surface area contributed by atoms with Crippen LogP contribution in [0.2, 0.25) is 0 Å². The minimum atomic E-state index is -0.850. The smallest absolute Gasteiger partial charge is 0.314 e. The van der Waals surface area contributed by atoms with E-state index in [1.165, 1.54) is 7.11 Å². The van der Waals surface area contributed by atoms with Crippen LogP contribution in [0, 0.1) is 0 Å². The number of amides is 2. The molecule has 0 fully saturated rings. The molecule has 2 amide bonds. The summed E-state index contributed by atoms with van der Waals surface area (Å²) in [6.45, 7) is 0.578. The molecule has 7 nitrogen and oxygen atoms in total. The van der Waals surface area contributed by atoms with Gasteiger partial charge in [-0.15, -0.1) is 0 Å². The summed E-state index contributed by atoms with van der Waals surface area (Å²) in [5.74, 6) is 1.91. The van der Waals surface area contributed by atoms with Crippen LogP contribution in [0.3, 0.4) is 0 Å². The Morgan fingerprint density at radius 1 is 0.963 bits per heavy atom. The average Bonchev–Trinajstić information content (AvgIpc) is 2.71. The van der Waals surface area contributed by atoms with Crippen molar-refractivity contribution in [2.75, 3.05) is 34.4 Å². The molecule has 146 valence electrons. The molecule has 1 unspecified atom stereocenters. The molecule has 1 atom stereocenters. The molecule has 0 saturated carbocycles. The molecule has 3 N–H and O–H groups in total.